The van der Waals surface area contributed by atoms with E-state index in [1.165, 1.54) is 4.80 Å². The first-order valence-electron chi connectivity index (χ1n) is 7.60. The van der Waals surface area contributed by atoms with Crippen molar-refractivity contribution in [2.75, 3.05) is 20.6 Å². The molecule has 1 saturated heterocycles. The van der Waals surface area contributed by atoms with Gasteiger partial charge in [-0.2, -0.15) is 0 Å². The van der Waals surface area contributed by atoms with Crippen LogP contribution in [-0.4, -0.2) is 56.7 Å². The smallest absolute Gasteiger partial charge is 0.320 e. The van der Waals surface area contributed by atoms with Crippen LogP contribution in [0.2, 0.25) is 5.02 Å². The molecule has 2 heterocycles. The third-order valence-electron chi connectivity index (χ3n) is 3.90. The van der Waals surface area contributed by atoms with Gasteiger partial charge >= 0.3 is 6.03 Å². The number of hydrogen-bond acceptors (Lipinski definition) is 4. The fourth-order valence-corrected chi connectivity index (χ4v) is 2.94. The second kappa shape index (κ2) is 6.54. The van der Waals surface area contributed by atoms with Crippen molar-refractivity contribution in [2.24, 2.45) is 0 Å². The highest BCUT2D eigenvalue weighted by atomic mass is 35.5. The van der Waals surface area contributed by atoms with Gasteiger partial charge in [0.1, 0.15) is 0 Å². The minimum atomic E-state index is -0.133. The average Bonchev–Trinajstić information content (AvgIpc) is 3.04. The van der Waals surface area contributed by atoms with Gasteiger partial charge in [-0.05, 0) is 42.7 Å². The molecule has 1 aromatic heterocycles. The Morgan fingerprint density at radius 2 is 2.17 bits per heavy atom. The molecule has 0 spiro atoms. The van der Waals surface area contributed by atoms with Gasteiger partial charge in [0.2, 0.25) is 0 Å². The van der Waals surface area contributed by atoms with Crippen molar-refractivity contribution in [3.63, 3.8) is 0 Å². The van der Waals surface area contributed by atoms with E-state index in [0.717, 1.165) is 24.9 Å². The van der Waals surface area contributed by atoms with Crippen LogP contribution in [0.4, 0.5) is 4.79 Å². The largest absolute Gasteiger partial charge is 0.331 e. The topological polar surface area (TPSA) is 67.2 Å². The monoisotopic (exact) mass is 334 g/mol. The second-order valence-corrected chi connectivity index (χ2v) is 6.24. The Morgan fingerprint density at radius 3 is 2.91 bits per heavy atom. The first kappa shape index (κ1) is 15.7. The lowest BCUT2D eigenvalue weighted by Crippen LogP contribution is -2.44. The van der Waals surface area contributed by atoms with Gasteiger partial charge in [-0.1, -0.05) is 17.7 Å². The third kappa shape index (κ3) is 3.29. The first-order valence-corrected chi connectivity index (χ1v) is 7.98. The van der Waals surface area contributed by atoms with Gasteiger partial charge in [-0.25, -0.2) is 4.79 Å². The van der Waals surface area contributed by atoms with Gasteiger partial charge in [0.15, 0.2) is 5.82 Å². The quantitative estimate of drug-likeness (QED) is 0.846. The van der Waals surface area contributed by atoms with E-state index in [-0.39, 0.29) is 12.1 Å². The maximum Gasteiger partial charge on any atom is 0.320 e. The molecule has 0 bridgehead atoms. The summed E-state index contributed by atoms with van der Waals surface area (Å²) in [6.07, 6.45) is 2.90. The minimum absolute atomic E-state index is 0.0196. The van der Waals surface area contributed by atoms with E-state index in [4.69, 9.17) is 11.6 Å². The van der Waals surface area contributed by atoms with Gasteiger partial charge in [0.25, 0.3) is 0 Å². The summed E-state index contributed by atoms with van der Waals surface area (Å²) in [5.74, 6) is 0.569. The maximum absolute atomic E-state index is 12.4. The Labute approximate surface area is 139 Å². The highest BCUT2D eigenvalue weighted by Gasteiger charge is 2.32. The molecule has 0 N–H and O–H groups in total. The van der Waals surface area contributed by atoms with Gasteiger partial charge in [0.05, 0.1) is 11.7 Å². The van der Waals surface area contributed by atoms with Crippen molar-refractivity contribution < 1.29 is 4.79 Å². The number of piperidine rings is 1. The molecule has 1 aromatic carbocycles. The summed E-state index contributed by atoms with van der Waals surface area (Å²) < 4.78 is 0. The van der Waals surface area contributed by atoms with Crippen molar-refractivity contribution >= 4 is 17.6 Å². The molecule has 2 amide bonds. The Balaban J connectivity index is 1.87. The van der Waals surface area contributed by atoms with Gasteiger partial charge in [0, 0.05) is 25.7 Å². The molecular weight excluding hydrogens is 316 g/mol. The number of carbonyl (C=O) groups is 1. The van der Waals surface area contributed by atoms with Crippen molar-refractivity contribution in [3.8, 4) is 5.69 Å². The number of hydrogen-bond donors (Lipinski definition) is 0. The van der Waals surface area contributed by atoms with Crippen molar-refractivity contribution in [2.45, 2.75) is 25.3 Å². The standard InChI is InChI=1S/C15H19ClN6O/c1-20(2)15(23)21-9-4-3-8-13(21)14-17-19-22(18-14)12-7-5-6-11(16)10-12/h5-7,10,13H,3-4,8-9H2,1-2H3. The van der Waals surface area contributed by atoms with E-state index in [1.54, 1.807) is 31.1 Å². The molecule has 1 atom stereocenters. The molecular formula is C15H19ClN6O. The summed E-state index contributed by atoms with van der Waals surface area (Å²) in [6.45, 7) is 0.716. The molecule has 23 heavy (non-hydrogen) atoms. The zero-order valence-electron chi connectivity index (χ0n) is 13.2. The zero-order chi connectivity index (χ0) is 16.4. The lowest BCUT2D eigenvalue weighted by Gasteiger charge is -2.35. The average molecular weight is 335 g/mol. The van der Waals surface area contributed by atoms with Crippen molar-refractivity contribution in [3.05, 3.63) is 35.1 Å². The van der Waals surface area contributed by atoms with Crippen molar-refractivity contribution in [1.29, 1.82) is 0 Å². The van der Waals surface area contributed by atoms with Crippen LogP contribution in [0.25, 0.3) is 5.69 Å². The fraction of sp³-hybridized carbons (Fsp3) is 0.467. The molecule has 7 nitrogen and oxygen atoms in total. The van der Waals surface area contributed by atoms with Crippen LogP contribution >= 0.6 is 11.6 Å². The molecule has 0 radical (unpaired) electrons. The summed E-state index contributed by atoms with van der Waals surface area (Å²) in [5.41, 5.74) is 0.748. The number of carbonyl (C=O) groups excluding carboxylic acids is 1. The highest BCUT2D eigenvalue weighted by Crippen LogP contribution is 2.29. The van der Waals surface area contributed by atoms with Crippen LogP contribution in [0.15, 0.2) is 24.3 Å². The van der Waals surface area contributed by atoms with Crippen molar-refractivity contribution in [1.82, 2.24) is 30.0 Å². The third-order valence-corrected chi connectivity index (χ3v) is 4.13. The molecule has 3 rings (SSSR count). The van der Waals surface area contributed by atoms with Crippen LogP contribution in [0.1, 0.15) is 31.1 Å². The molecule has 8 heteroatoms. The molecule has 122 valence electrons. The second-order valence-electron chi connectivity index (χ2n) is 5.80. The van der Waals surface area contributed by atoms with Gasteiger partial charge in [-0.3, -0.25) is 0 Å². The van der Waals surface area contributed by atoms with Gasteiger partial charge < -0.3 is 9.80 Å². The lowest BCUT2D eigenvalue weighted by atomic mass is 10.0. The SMILES string of the molecule is CN(C)C(=O)N1CCCCC1c1nnn(-c2cccc(Cl)c2)n1. The highest BCUT2D eigenvalue weighted by molar-refractivity contribution is 6.30. The minimum Gasteiger partial charge on any atom is -0.331 e. The number of nitrogens with zero attached hydrogens (tertiary/aromatic N) is 6. The number of rotatable bonds is 2. The molecule has 2 aromatic rings. The molecule has 1 aliphatic rings. The maximum atomic E-state index is 12.4. The molecule has 0 saturated carbocycles. The molecule has 1 fully saturated rings. The summed E-state index contributed by atoms with van der Waals surface area (Å²) >= 11 is 6.00. The number of likely N-dealkylation sites (tertiary alicyclic amines) is 1. The predicted molar refractivity (Wildman–Crippen MR) is 86.5 cm³/mol. The fourth-order valence-electron chi connectivity index (χ4n) is 2.75. The summed E-state index contributed by atoms with van der Waals surface area (Å²) in [5, 5.41) is 13.3. The van der Waals surface area contributed by atoms with E-state index in [2.05, 4.69) is 15.4 Å². The van der Waals surface area contributed by atoms with E-state index < -0.39 is 0 Å². The number of tetrazole rings is 1. The Hall–Kier alpha value is -2.15. The lowest BCUT2D eigenvalue weighted by molar-refractivity contribution is 0.125. The van der Waals surface area contributed by atoms with Crippen LogP contribution in [0.3, 0.4) is 0 Å². The predicted octanol–water partition coefficient (Wildman–Crippen LogP) is 2.52. The Bertz CT molecular complexity index is 701. The van der Waals surface area contributed by atoms with E-state index in [1.807, 2.05) is 17.0 Å². The first-order chi connectivity index (χ1) is 11.1. The molecule has 0 aliphatic carbocycles. The zero-order valence-corrected chi connectivity index (χ0v) is 13.9. The number of benzene rings is 1. The summed E-state index contributed by atoms with van der Waals surface area (Å²) in [4.78, 5) is 17.2. The molecule has 1 aliphatic heterocycles. The van der Waals surface area contributed by atoms with Crippen LogP contribution in [-0.2, 0) is 0 Å². The normalized spacial score (nSPS) is 18.0. The summed E-state index contributed by atoms with van der Waals surface area (Å²) in [7, 11) is 3.51. The number of aromatic nitrogens is 4. The van der Waals surface area contributed by atoms with Gasteiger partial charge in [-0.15, -0.1) is 15.0 Å². The van der Waals surface area contributed by atoms with Crippen LogP contribution in [0.5, 0.6) is 0 Å². The van der Waals surface area contributed by atoms with E-state index >= 15 is 0 Å². The number of urea groups is 1. The number of amides is 2. The Morgan fingerprint density at radius 1 is 1.35 bits per heavy atom. The van der Waals surface area contributed by atoms with Crippen LogP contribution < -0.4 is 0 Å². The van der Waals surface area contributed by atoms with E-state index in [9.17, 15) is 4.79 Å². The van der Waals surface area contributed by atoms with E-state index in [0.29, 0.717) is 17.4 Å². The summed E-state index contributed by atoms with van der Waals surface area (Å²) in [6, 6.07) is 7.11. The number of halogens is 1. The van der Waals surface area contributed by atoms with Crippen LogP contribution in [0, 0.1) is 0 Å². The molecule has 1 unspecified atom stereocenters. The Kier molecular flexibility index (Phi) is 4.47.